The lowest BCUT2D eigenvalue weighted by molar-refractivity contribution is -0.137. The van der Waals surface area contributed by atoms with Gasteiger partial charge in [-0.25, -0.2) is 8.42 Å². The molecule has 2 N–H and O–H groups in total. The summed E-state index contributed by atoms with van der Waals surface area (Å²) in [6.45, 7) is 3.07. The first kappa shape index (κ1) is 26.0. The van der Waals surface area contributed by atoms with Crippen LogP contribution >= 0.6 is 0 Å². The average Bonchev–Trinajstić information content (AvgIpc) is 2.79. The van der Waals surface area contributed by atoms with Gasteiger partial charge >= 0.3 is 6.18 Å². The number of carbonyl (C=O) groups is 1. The third kappa shape index (κ3) is 6.94. The number of benzene rings is 2. The zero-order valence-corrected chi connectivity index (χ0v) is 19.7. The first-order valence-electron chi connectivity index (χ1n) is 10.8. The summed E-state index contributed by atoms with van der Waals surface area (Å²) in [5.74, 6) is 0.0811. The molecule has 1 fully saturated rings. The van der Waals surface area contributed by atoms with Crippen molar-refractivity contribution < 1.29 is 31.1 Å². The van der Waals surface area contributed by atoms with Gasteiger partial charge in [-0.2, -0.15) is 17.9 Å². The Kier molecular flexibility index (Phi) is 8.21. The minimum Gasteiger partial charge on any atom is -0.497 e. The van der Waals surface area contributed by atoms with Gasteiger partial charge in [-0.15, -0.1) is 0 Å². The van der Waals surface area contributed by atoms with E-state index in [-0.39, 0.29) is 10.9 Å². The highest BCUT2D eigenvalue weighted by Gasteiger charge is 2.31. The quantitative estimate of drug-likeness (QED) is 0.583. The summed E-state index contributed by atoms with van der Waals surface area (Å²) >= 11 is 0. The van der Waals surface area contributed by atoms with Crippen LogP contribution in [0.2, 0.25) is 0 Å². The van der Waals surface area contributed by atoms with Crippen LogP contribution in [0.15, 0.2) is 53.4 Å². The number of hydrogen-bond acceptors (Lipinski definition) is 5. The summed E-state index contributed by atoms with van der Waals surface area (Å²) < 4.78 is 71.2. The molecular weight excluding hydrogens is 471 g/mol. The predicted octanol–water partition coefficient (Wildman–Crippen LogP) is 3.16. The van der Waals surface area contributed by atoms with Gasteiger partial charge in [-0.1, -0.05) is 18.2 Å². The normalized spacial score (nSPS) is 16.7. The van der Waals surface area contributed by atoms with Crippen molar-refractivity contribution in [3.05, 3.63) is 59.7 Å². The van der Waals surface area contributed by atoms with E-state index in [1.54, 1.807) is 6.07 Å². The van der Waals surface area contributed by atoms with E-state index in [0.717, 1.165) is 12.1 Å². The first-order valence-corrected chi connectivity index (χ1v) is 12.3. The van der Waals surface area contributed by atoms with Gasteiger partial charge < -0.3 is 10.1 Å². The molecule has 34 heavy (non-hydrogen) atoms. The van der Waals surface area contributed by atoms with Crippen LogP contribution in [-0.2, 0) is 27.5 Å². The molecule has 186 valence electrons. The molecule has 0 spiro atoms. The van der Waals surface area contributed by atoms with E-state index in [1.165, 1.54) is 44.4 Å². The first-order chi connectivity index (χ1) is 16.0. The molecule has 1 heterocycles. The summed E-state index contributed by atoms with van der Waals surface area (Å²) in [6, 6.07) is 9.99. The van der Waals surface area contributed by atoms with Gasteiger partial charge in [0.1, 0.15) is 5.75 Å². The van der Waals surface area contributed by atoms with Crippen LogP contribution in [0.3, 0.4) is 0 Å². The number of ether oxygens (including phenoxy) is 1. The van der Waals surface area contributed by atoms with Crippen molar-refractivity contribution >= 4 is 15.9 Å². The van der Waals surface area contributed by atoms with Crippen molar-refractivity contribution in [2.24, 2.45) is 0 Å². The van der Waals surface area contributed by atoms with E-state index in [1.807, 2.05) is 4.90 Å². The third-order valence-electron chi connectivity index (χ3n) is 5.69. The molecule has 1 amide bonds. The number of sulfonamides is 1. The maximum absolute atomic E-state index is 12.9. The van der Waals surface area contributed by atoms with Crippen molar-refractivity contribution in [2.75, 3.05) is 20.2 Å². The van der Waals surface area contributed by atoms with Crippen molar-refractivity contribution in [2.45, 2.75) is 49.5 Å². The number of alkyl halides is 3. The molecule has 0 aromatic heterocycles. The summed E-state index contributed by atoms with van der Waals surface area (Å²) in [5.41, 5.74) is -0.0860. The molecular formula is C23H28F3N3O4S. The molecule has 0 unspecified atom stereocenters. The number of hydrogen-bond donors (Lipinski definition) is 2. The fourth-order valence-electron chi connectivity index (χ4n) is 3.77. The summed E-state index contributed by atoms with van der Waals surface area (Å²) in [5, 5.41) is 2.86. The fraction of sp³-hybridized carbons (Fsp3) is 0.435. The Hall–Kier alpha value is -2.63. The van der Waals surface area contributed by atoms with Gasteiger partial charge in [0.2, 0.25) is 15.9 Å². The minimum absolute atomic E-state index is 0.0239. The SMILES string of the molecule is COc1ccc(S(=O)(=O)N[C@@H](C)C(=O)NC2CCN(Cc3cccc(C(F)(F)F)c3)CC2)cc1. The Morgan fingerprint density at radius 1 is 1.15 bits per heavy atom. The summed E-state index contributed by atoms with van der Waals surface area (Å²) in [7, 11) is -2.41. The van der Waals surface area contributed by atoms with Crippen LogP contribution in [0.25, 0.3) is 0 Å². The molecule has 11 heteroatoms. The van der Waals surface area contributed by atoms with Crippen LogP contribution < -0.4 is 14.8 Å². The lowest BCUT2D eigenvalue weighted by Crippen LogP contribution is -2.50. The van der Waals surface area contributed by atoms with E-state index in [2.05, 4.69) is 10.0 Å². The van der Waals surface area contributed by atoms with Crippen LogP contribution in [0, 0.1) is 0 Å². The highest BCUT2D eigenvalue weighted by Crippen LogP contribution is 2.30. The monoisotopic (exact) mass is 499 g/mol. The van der Waals surface area contributed by atoms with Crippen LogP contribution in [0.5, 0.6) is 5.75 Å². The molecule has 0 aliphatic carbocycles. The fourth-order valence-corrected chi connectivity index (χ4v) is 4.98. The Bertz CT molecular complexity index is 1080. The Morgan fingerprint density at radius 3 is 2.38 bits per heavy atom. The number of amides is 1. The number of halogens is 3. The van der Waals surface area contributed by atoms with Gasteiger partial charge in [0.05, 0.1) is 23.6 Å². The number of nitrogens with zero attached hydrogens (tertiary/aromatic N) is 1. The summed E-state index contributed by atoms with van der Waals surface area (Å²) in [6.07, 6.45) is -3.15. The van der Waals surface area contributed by atoms with Gasteiger partial charge in [-0.3, -0.25) is 9.69 Å². The maximum Gasteiger partial charge on any atom is 0.416 e. The molecule has 2 aromatic rings. The molecule has 0 bridgehead atoms. The van der Waals surface area contributed by atoms with Crippen LogP contribution in [0.4, 0.5) is 13.2 Å². The molecule has 7 nitrogen and oxygen atoms in total. The van der Waals surface area contributed by atoms with E-state index >= 15 is 0 Å². The molecule has 0 radical (unpaired) electrons. The van der Waals surface area contributed by atoms with Crippen molar-refractivity contribution in [1.82, 2.24) is 14.9 Å². The third-order valence-corrected chi connectivity index (χ3v) is 7.25. The molecule has 3 rings (SSSR count). The van der Waals surface area contributed by atoms with Crippen LogP contribution in [0.1, 0.15) is 30.9 Å². The van der Waals surface area contributed by atoms with E-state index in [4.69, 9.17) is 4.74 Å². The second-order valence-electron chi connectivity index (χ2n) is 8.28. The number of rotatable bonds is 8. The largest absolute Gasteiger partial charge is 0.497 e. The molecule has 1 aliphatic heterocycles. The maximum atomic E-state index is 12.9. The standard InChI is InChI=1S/C23H28F3N3O4S/c1-16(28-34(31,32)21-8-6-20(33-2)7-9-21)22(30)27-19-10-12-29(13-11-19)15-17-4-3-5-18(14-17)23(24,25)26/h3-9,14,16,19,28H,10-13,15H2,1-2H3,(H,27,30)/t16-/m0/s1. The zero-order valence-electron chi connectivity index (χ0n) is 18.9. The predicted molar refractivity (Wildman–Crippen MR) is 121 cm³/mol. The van der Waals surface area contributed by atoms with Crippen molar-refractivity contribution in [3.8, 4) is 5.75 Å². The molecule has 0 saturated carbocycles. The second-order valence-corrected chi connectivity index (χ2v) is 9.99. The van der Waals surface area contributed by atoms with Gasteiger partial charge in [-0.05, 0) is 55.7 Å². The minimum atomic E-state index is -4.38. The number of nitrogens with one attached hydrogen (secondary N) is 2. The Labute approximate surface area is 197 Å². The number of piperidine rings is 1. The van der Waals surface area contributed by atoms with Gasteiger partial charge in [0.15, 0.2) is 0 Å². The van der Waals surface area contributed by atoms with E-state index in [0.29, 0.717) is 43.8 Å². The Morgan fingerprint density at radius 2 is 1.79 bits per heavy atom. The molecule has 1 aliphatic rings. The zero-order chi connectivity index (χ0) is 24.9. The lowest BCUT2D eigenvalue weighted by atomic mass is 10.0. The van der Waals surface area contributed by atoms with Gasteiger partial charge in [0, 0.05) is 25.7 Å². The van der Waals surface area contributed by atoms with E-state index in [9.17, 15) is 26.4 Å². The molecule has 1 saturated heterocycles. The Balaban J connectivity index is 1.48. The number of carbonyl (C=O) groups excluding carboxylic acids is 1. The summed E-state index contributed by atoms with van der Waals surface area (Å²) in [4.78, 5) is 14.6. The van der Waals surface area contributed by atoms with Crippen molar-refractivity contribution in [1.29, 1.82) is 0 Å². The lowest BCUT2D eigenvalue weighted by Gasteiger charge is -2.33. The molecule has 2 aromatic carbocycles. The smallest absolute Gasteiger partial charge is 0.416 e. The molecule has 1 atom stereocenters. The van der Waals surface area contributed by atoms with E-state index < -0.39 is 33.7 Å². The van der Waals surface area contributed by atoms with Gasteiger partial charge in [0.25, 0.3) is 0 Å². The topological polar surface area (TPSA) is 87.7 Å². The number of methoxy groups -OCH3 is 1. The number of likely N-dealkylation sites (tertiary alicyclic amines) is 1. The second kappa shape index (κ2) is 10.7. The van der Waals surface area contributed by atoms with Crippen molar-refractivity contribution in [3.63, 3.8) is 0 Å². The highest BCUT2D eigenvalue weighted by atomic mass is 32.2. The van der Waals surface area contributed by atoms with Crippen LogP contribution in [-0.4, -0.2) is 51.5 Å². The average molecular weight is 500 g/mol. The highest BCUT2D eigenvalue weighted by molar-refractivity contribution is 7.89.